The third-order valence-corrected chi connectivity index (χ3v) is 3.27. The first kappa shape index (κ1) is 21.4. The van der Waals surface area contributed by atoms with Gasteiger partial charge in [0, 0.05) is 0 Å². The summed E-state index contributed by atoms with van der Waals surface area (Å²) in [5.41, 5.74) is 0.930. The van der Waals surface area contributed by atoms with Gasteiger partial charge >= 0.3 is 18.1 Å². The van der Waals surface area contributed by atoms with Crippen LogP contribution in [0, 0.1) is 0 Å². The predicted octanol–water partition coefficient (Wildman–Crippen LogP) is 1.23. The number of hydrogen-bond acceptors (Lipinski definition) is 5. The van der Waals surface area contributed by atoms with Crippen LogP contribution in [0.5, 0.6) is 0 Å². The Morgan fingerprint density at radius 1 is 1.23 bits per heavy atom. The summed E-state index contributed by atoms with van der Waals surface area (Å²) in [6.45, 7) is 1.01. The summed E-state index contributed by atoms with van der Waals surface area (Å²) in [5.74, 6) is -3.31. The molecule has 1 heterocycles. The van der Waals surface area contributed by atoms with Crippen molar-refractivity contribution in [2.75, 3.05) is 13.1 Å². The van der Waals surface area contributed by atoms with E-state index in [1.165, 1.54) is 0 Å². The number of aliphatic carboxylic acids is 1. The zero-order valence-electron chi connectivity index (χ0n) is 13.7. The van der Waals surface area contributed by atoms with E-state index in [0.717, 1.165) is 24.9 Å². The summed E-state index contributed by atoms with van der Waals surface area (Å²) in [6, 6.07) is 9.28. The van der Waals surface area contributed by atoms with E-state index in [9.17, 15) is 22.8 Å². The summed E-state index contributed by atoms with van der Waals surface area (Å²) in [7, 11) is 0. The molecule has 0 unspecified atom stereocenters. The first-order valence-corrected chi connectivity index (χ1v) is 7.71. The molecule has 1 aromatic carbocycles. The van der Waals surface area contributed by atoms with Gasteiger partial charge in [-0.25, -0.2) is 4.79 Å². The number of alkyl halides is 3. The Morgan fingerprint density at radius 3 is 2.35 bits per heavy atom. The van der Waals surface area contributed by atoms with E-state index in [4.69, 9.17) is 14.6 Å². The van der Waals surface area contributed by atoms with E-state index < -0.39 is 18.1 Å². The number of carbonyl (C=O) groups is 3. The minimum Gasteiger partial charge on any atom is -0.475 e. The lowest BCUT2D eigenvalue weighted by atomic mass is 10.2. The summed E-state index contributed by atoms with van der Waals surface area (Å²) in [6.07, 6.45) is -3.26. The second-order valence-corrected chi connectivity index (χ2v) is 5.32. The van der Waals surface area contributed by atoms with Gasteiger partial charge in [-0.15, -0.1) is 0 Å². The number of amides is 1. The summed E-state index contributed by atoms with van der Waals surface area (Å²) >= 11 is 0. The van der Waals surface area contributed by atoms with E-state index in [-0.39, 0.29) is 25.1 Å². The van der Waals surface area contributed by atoms with Gasteiger partial charge in [0.05, 0.1) is 6.04 Å². The van der Waals surface area contributed by atoms with Crippen LogP contribution < -0.4 is 10.6 Å². The van der Waals surface area contributed by atoms with Crippen LogP contribution in [0.1, 0.15) is 18.4 Å². The van der Waals surface area contributed by atoms with Crippen molar-refractivity contribution in [3.8, 4) is 0 Å². The molecule has 0 aromatic heterocycles. The third-order valence-electron chi connectivity index (χ3n) is 3.27. The molecule has 2 rings (SSSR count). The molecule has 1 aliphatic heterocycles. The fourth-order valence-electron chi connectivity index (χ4n) is 1.98. The lowest BCUT2D eigenvalue weighted by Crippen LogP contribution is -2.42. The molecule has 0 saturated carbocycles. The van der Waals surface area contributed by atoms with Crippen LogP contribution in [0.4, 0.5) is 13.2 Å². The molecular weight excluding hydrogens is 357 g/mol. The quantitative estimate of drug-likeness (QED) is 0.668. The zero-order valence-corrected chi connectivity index (χ0v) is 13.7. The second kappa shape index (κ2) is 10.4. The normalized spacial score (nSPS) is 16.2. The first-order valence-electron chi connectivity index (χ1n) is 7.71. The fraction of sp³-hybridized carbons (Fsp3) is 0.438. The summed E-state index contributed by atoms with van der Waals surface area (Å²) in [4.78, 5) is 32.0. The molecule has 1 saturated heterocycles. The summed E-state index contributed by atoms with van der Waals surface area (Å²) < 4.78 is 36.8. The van der Waals surface area contributed by atoms with E-state index in [0.29, 0.717) is 0 Å². The van der Waals surface area contributed by atoms with Crippen molar-refractivity contribution in [2.45, 2.75) is 31.7 Å². The van der Waals surface area contributed by atoms with Crippen molar-refractivity contribution in [2.24, 2.45) is 0 Å². The number of carbonyl (C=O) groups excluding carboxylic acids is 2. The maximum Gasteiger partial charge on any atom is 0.490 e. The molecule has 144 valence electrons. The molecule has 1 fully saturated rings. The number of hydrogen-bond donors (Lipinski definition) is 3. The molecule has 10 heteroatoms. The molecule has 1 atom stereocenters. The molecular formula is C16H19F3N2O5. The Bertz CT molecular complexity index is 602. The maximum atomic E-state index is 11.6. The average molecular weight is 376 g/mol. The van der Waals surface area contributed by atoms with Crippen molar-refractivity contribution in [3.63, 3.8) is 0 Å². The van der Waals surface area contributed by atoms with E-state index >= 15 is 0 Å². The second-order valence-electron chi connectivity index (χ2n) is 5.32. The van der Waals surface area contributed by atoms with Gasteiger partial charge in [-0.2, -0.15) is 13.2 Å². The standard InChI is InChI=1S/C14H18N2O3.C2HF3O2/c17-13(19-10-11-5-2-1-3-6-11)9-16-14(18)12-7-4-8-15-12;3-2(4,5)1(6)7/h1-3,5-6,12,15H,4,7-10H2,(H,16,18);(H,6,7)/t12-;/m1./s1. The number of carboxylic acid groups (broad SMARTS) is 1. The van der Waals surface area contributed by atoms with Crippen LogP contribution in [0.25, 0.3) is 0 Å². The van der Waals surface area contributed by atoms with Crippen molar-refractivity contribution >= 4 is 17.8 Å². The van der Waals surface area contributed by atoms with Crippen molar-refractivity contribution < 1.29 is 37.4 Å². The highest BCUT2D eigenvalue weighted by atomic mass is 19.4. The molecule has 0 bridgehead atoms. The first-order chi connectivity index (χ1) is 12.2. The largest absolute Gasteiger partial charge is 0.490 e. The van der Waals surface area contributed by atoms with Crippen LogP contribution >= 0.6 is 0 Å². The number of nitrogens with one attached hydrogen (secondary N) is 2. The molecule has 7 nitrogen and oxygen atoms in total. The van der Waals surface area contributed by atoms with Crippen LogP contribution in [-0.2, 0) is 25.7 Å². The van der Waals surface area contributed by atoms with Gasteiger partial charge in [-0.1, -0.05) is 30.3 Å². The highest BCUT2D eigenvalue weighted by Gasteiger charge is 2.38. The van der Waals surface area contributed by atoms with Crippen LogP contribution in [0.2, 0.25) is 0 Å². The molecule has 0 spiro atoms. The highest BCUT2D eigenvalue weighted by Crippen LogP contribution is 2.13. The topological polar surface area (TPSA) is 105 Å². The number of ether oxygens (including phenoxy) is 1. The number of esters is 1. The molecule has 3 N–H and O–H groups in total. The van der Waals surface area contributed by atoms with E-state index in [1.807, 2.05) is 30.3 Å². The Labute approximate surface area is 147 Å². The third kappa shape index (κ3) is 8.47. The maximum absolute atomic E-state index is 11.6. The fourth-order valence-corrected chi connectivity index (χ4v) is 1.98. The monoisotopic (exact) mass is 376 g/mol. The van der Waals surface area contributed by atoms with Gasteiger partial charge in [0.25, 0.3) is 0 Å². The predicted molar refractivity (Wildman–Crippen MR) is 84.0 cm³/mol. The molecule has 1 aliphatic rings. The van der Waals surface area contributed by atoms with Crippen LogP contribution in [0.3, 0.4) is 0 Å². The van der Waals surface area contributed by atoms with Crippen LogP contribution in [-0.4, -0.2) is 48.3 Å². The lowest BCUT2D eigenvalue weighted by Gasteiger charge is -2.10. The number of rotatable bonds is 5. The highest BCUT2D eigenvalue weighted by molar-refractivity contribution is 5.85. The molecule has 0 aliphatic carbocycles. The Hall–Kier alpha value is -2.62. The van der Waals surface area contributed by atoms with Crippen molar-refractivity contribution in [1.29, 1.82) is 0 Å². The number of benzene rings is 1. The number of carboxylic acids is 1. The van der Waals surface area contributed by atoms with Gasteiger partial charge in [0.15, 0.2) is 0 Å². The van der Waals surface area contributed by atoms with Gasteiger partial charge < -0.3 is 20.5 Å². The molecule has 1 amide bonds. The van der Waals surface area contributed by atoms with Gasteiger partial charge in [0.1, 0.15) is 13.2 Å². The minimum atomic E-state index is -5.08. The lowest BCUT2D eigenvalue weighted by molar-refractivity contribution is -0.192. The van der Waals surface area contributed by atoms with Crippen molar-refractivity contribution in [1.82, 2.24) is 10.6 Å². The summed E-state index contributed by atoms with van der Waals surface area (Å²) in [5, 5.41) is 12.8. The smallest absolute Gasteiger partial charge is 0.475 e. The zero-order chi connectivity index (χ0) is 19.6. The molecule has 26 heavy (non-hydrogen) atoms. The van der Waals surface area contributed by atoms with Gasteiger partial charge in [-0.05, 0) is 24.9 Å². The van der Waals surface area contributed by atoms with Crippen molar-refractivity contribution in [3.05, 3.63) is 35.9 Å². The Kier molecular flexibility index (Phi) is 8.56. The minimum absolute atomic E-state index is 0.0795. The van der Waals surface area contributed by atoms with Gasteiger partial charge in [0.2, 0.25) is 5.91 Å². The molecule has 0 radical (unpaired) electrons. The number of halogens is 3. The van der Waals surface area contributed by atoms with E-state index in [2.05, 4.69) is 10.6 Å². The molecule has 1 aromatic rings. The Morgan fingerprint density at radius 2 is 1.85 bits per heavy atom. The average Bonchev–Trinajstić information content (AvgIpc) is 3.13. The van der Waals surface area contributed by atoms with Crippen LogP contribution in [0.15, 0.2) is 30.3 Å². The SMILES string of the molecule is O=C(CNC(=O)[C@H]1CCCN1)OCc1ccccc1.O=C(O)C(F)(F)F. The van der Waals surface area contributed by atoms with E-state index in [1.54, 1.807) is 0 Å². The Balaban J connectivity index is 0.000000412. The van der Waals surface area contributed by atoms with Gasteiger partial charge in [-0.3, -0.25) is 9.59 Å².